The predicted molar refractivity (Wildman–Crippen MR) is 51.1 cm³/mol. The van der Waals surface area contributed by atoms with Gasteiger partial charge in [-0.05, 0) is 19.8 Å². The molecule has 1 nitrogen and oxygen atoms in total. The van der Waals surface area contributed by atoms with Crippen molar-refractivity contribution in [3.63, 3.8) is 0 Å². The molecule has 76 valence electrons. The molecule has 0 aromatic heterocycles. The summed E-state index contributed by atoms with van der Waals surface area (Å²) in [4.78, 5) is 1.79. The third kappa shape index (κ3) is 8.54. The third-order valence-corrected chi connectivity index (χ3v) is 2.27. The van der Waals surface area contributed by atoms with E-state index in [1.54, 1.807) is 4.90 Å². The van der Waals surface area contributed by atoms with Crippen LogP contribution in [0.3, 0.4) is 0 Å². The number of quaternary nitrogens is 1. The van der Waals surface area contributed by atoms with Gasteiger partial charge in [0.1, 0.15) is 0 Å². The maximum atomic E-state index is 2.29. The summed E-state index contributed by atoms with van der Waals surface area (Å²) < 4.78 is 0. The van der Waals surface area contributed by atoms with Crippen LogP contribution in [0.2, 0.25) is 0 Å². The zero-order chi connectivity index (χ0) is 8.53. The van der Waals surface area contributed by atoms with Crippen molar-refractivity contribution in [3.05, 3.63) is 0 Å². The van der Waals surface area contributed by atoms with Crippen molar-refractivity contribution in [1.29, 1.82) is 0 Å². The van der Waals surface area contributed by atoms with Crippen LogP contribution < -0.4 is 21.9 Å². The molecule has 0 saturated carbocycles. The number of nitrogens with one attached hydrogen (secondary N) is 1. The van der Waals surface area contributed by atoms with Crippen molar-refractivity contribution in [2.45, 2.75) is 46.5 Å². The molecule has 0 spiro atoms. The Morgan fingerprint density at radius 3 is 1.50 bits per heavy atom. The second-order valence-electron chi connectivity index (χ2n) is 3.31. The molecule has 0 unspecified atom stereocenters. The zero-order valence-corrected chi connectivity index (χ0v) is 10.4. The topological polar surface area (TPSA) is 4.44 Å². The van der Waals surface area contributed by atoms with Crippen molar-refractivity contribution >= 4 is 0 Å². The molecule has 0 aliphatic carbocycles. The fourth-order valence-electron chi connectivity index (χ4n) is 1.33. The van der Waals surface area contributed by atoms with Crippen LogP contribution in [-0.2, 0) is 0 Å². The summed E-state index contributed by atoms with van der Waals surface area (Å²) in [5.74, 6) is 0. The molecule has 12 heavy (non-hydrogen) atoms. The van der Waals surface area contributed by atoms with Crippen LogP contribution in [-0.4, -0.2) is 19.6 Å². The SMILES string of the molecule is CCCC[NH+](CC)CCCC.[Br-]. The lowest BCUT2D eigenvalue weighted by Gasteiger charge is -2.16. The minimum atomic E-state index is 0. The highest BCUT2D eigenvalue weighted by Crippen LogP contribution is 1.82. The lowest BCUT2D eigenvalue weighted by atomic mass is 10.2. The van der Waals surface area contributed by atoms with Crippen molar-refractivity contribution in [2.75, 3.05) is 19.6 Å². The summed E-state index contributed by atoms with van der Waals surface area (Å²) in [6.45, 7) is 10.9. The van der Waals surface area contributed by atoms with E-state index in [1.807, 2.05) is 0 Å². The van der Waals surface area contributed by atoms with Gasteiger partial charge in [-0.2, -0.15) is 0 Å². The van der Waals surface area contributed by atoms with Gasteiger partial charge in [0.15, 0.2) is 0 Å². The zero-order valence-electron chi connectivity index (χ0n) is 8.83. The second kappa shape index (κ2) is 11.4. The van der Waals surface area contributed by atoms with Crippen LogP contribution >= 0.6 is 0 Å². The number of rotatable bonds is 7. The molecule has 0 aliphatic heterocycles. The normalized spacial score (nSPS) is 10.0. The molecule has 1 N–H and O–H groups in total. The molecule has 2 heteroatoms. The largest absolute Gasteiger partial charge is 1.00 e. The number of halogens is 1. The van der Waals surface area contributed by atoms with Gasteiger partial charge in [-0.3, -0.25) is 0 Å². The lowest BCUT2D eigenvalue weighted by molar-refractivity contribution is -0.898. The van der Waals surface area contributed by atoms with E-state index in [0.717, 1.165) is 0 Å². The molecule has 0 bridgehead atoms. The van der Waals surface area contributed by atoms with Crippen LogP contribution in [0.5, 0.6) is 0 Å². The summed E-state index contributed by atoms with van der Waals surface area (Å²) in [7, 11) is 0. The predicted octanol–water partition coefficient (Wildman–Crippen LogP) is -1.50. The van der Waals surface area contributed by atoms with E-state index in [9.17, 15) is 0 Å². The Labute approximate surface area is 88.3 Å². The summed E-state index contributed by atoms with van der Waals surface area (Å²) in [6, 6.07) is 0. The molecule has 0 radical (unpaired) electrons. The Morgan fingerprint density at radius 1 is 0.833 bits per heavy atom. The minimum absolute atomic E-state index is 0. The molecule has 0 aromatic carbocycles. The van der Waals surface area contributed by atoms with Crippen molar-refractivity contribution in [2.24, 2.45) is 0 Å². The standard InChI is InChI=1S/C10H23N.BrH/c1-4-7-9-11(6-3)10-8-5-2;/h4-10H2,1-3H3;1H. The summed E-state index contributed by atoms with van der Waals surface area (Å²) >= 11 is 0. The van der Waals surface area contributed by atoms with Gasteiger partial charge >= 0.3 is 0 Å². The molecule has 0 amide bonds. The van der Waals surface area contributed by atoms with Crippen LogP contribution in [0.15, 0.2) is 0 Å². The summed E-state index contributed by atoms with van der Waals surface area (Å²) in [5, 5.41) is 0. The van der Waals surface area contributed by atoms with Gasteiger partial charge < -0.3 is 21.9 Å². The van der Waals surface area contributed by atoms with E-state index in [2.05, 4.69) is 20.8 Å². The maximum absolute atomic E-state index is 2.29. The molecule has 0 saturated heterocycles. The Hall–Kier alpha value is 0.440. The van der Waals surface area contributed by atoms with E-state index in [-0.39, 0.29) is 17.0 Å². The maximum Gasteiger partial charge on any atom is 0.0770 e. The highest BCUT2D eigenvalue weighted by atomic mass is 79.9. The Bertz CT molecular complexity index is 68.2. The van der Waals surface area contributed by atoms with E-state index in [4.69, 9.17) is 0 Å². The van der Waals surface area contributed by atoms with E-state index < -0.39 is 0 Å². The molecular weight excluding hydrogens is 214 g/mol. The van der Waals surface area contributed by atoms with Crippen LogP contribution in [0.25, 0.3) is 0 Å². The van der Waals surface area contributed by atoms with E-state index in [0.29, 0.717) is 0 Å². The fraction of sp³-hybridized carbons (Fsp3) is 1.00. The van der Waals surface area contributed by atoms with Gasteiger partial charge in [-0.25, -0.2) is 0 Å². The van der Waals surface area contributed by atoms with Crippen LogP contribution in [0.1, 0.15) is 46.5 Å². The first-order valence-electron chi connectivity index (χ1n) is 5.18. The summed E-state index contributed by atoms with van der Waals surface area (Å²) in [5.41, 5.74) is 0. The molecule has 0 fully saturated rings. The first-order valence-corrected chi connectivity index (χ1v) is 5.18. The van der Waals surface area contributed by atoms with E-state index >= 15 is 0 Å². The van der Waals surface area contributed by atoms with Gasteiger partial charge in [0.05, 0.1) is 19.6 Å². The second-order valence-corrected chi connectivity index (χ2v) is 3.31. The Kier molecular flexibility index (Phi) is 14.2. The first kappa shape index (κ1) is 14.9. The van der Waals surface area contributed by atoms with Gasteiger partial charge in [-0.15, -0.1) is 0 Å². The quantitative estimate of drug-likeness (QED) is 0.550. The monoisotopic (exact) mass is 237 g/mol. The van der Waals surface area contributed by atoms with Gasteiger partial charge in [0.25, 0.3) is 0 Å². The molecule has 0 aromatic rings. The molecular formula is C10H24BrN. The number of hydrogen-bond donors (Lipinski definition) is 1. The molecule has 0 aliphatic rings. The number of unbranched alkanes of at least 4 members (excludes halogenated alkanes) is 2. The average molecular weight is 238 g/mol. The highest BCUT2D eigenvalue weighted by molar-refractivity contribution is 4.33. The lowest BCUT2D eigenvalue weighted by Crippen LogP contribution is -3.11. The van der Waals surface area contributed by atoms with Crippen molar-refractivity contribution in [1.82, 2.24) is 0 Å². The Balaban J connectivity index is 0. The molecule has 0 heterocycles. The minimum Gasteiger partial charge on any atom is -1.00 e. The van der Waals surface area contributed by atoms with Gasteiger partial charge in [0.2, 0.25) is 0 Å². The molecule has 0 atom stereocenters. The van der Waals surface area contributed by atoms with Gasteiger partial charge in [0, 0.05) is 0 Å². The summed E-state index contributed by atoms with van der Waals surface area (Å²) in [6.07, 6.45) is 5.48. The van der Waals surface area contributed by atoms with Crippen molar-refractivity contribution in [3.8, 4) is 0 Å². The van der Waals surface area contributed by atoms with Crippen LogP contribution in [0.4, 0.5) is 0 Å². The van der Waals surface area contributed by atoms with E-state index in [1.165, 1.54) is 45.3 Å². The third-order valence-electron chi connectivity index (χ3n) is 2.27. The van der Waals surface area contributed by atoms with Crippen LogP contribution in [0, 0.1) is 0 Å². The van der Waals surface area contributed by atoms with Gasteiger partial charge in [-0.1, -0.05) is 26.7 Å². The Morgan fingerprint density at radius 2 is 1.25 bits per heavy atom. The number of hydrogen-bond acceptors (Lipinski definition) is 0. The fourth-order valence-corrected chi connectivity index (χ4v) is 1.33. The highest BCUT2D eigenvalue weighted by Gasteiger charge is 2.02. The first-order chi connectivity index (χ1) is 5.35. The molecule has 0 rings (SSSR count). The van der Waals surface area contributed by atoms with Crippen molar-refractivity contribution < 1.29 is 21.9 Å². The smallest absolute Gasteiger partial charge is 0.0770 e. The average Bonchev–Trinajstić information content (AvgIpc) is 2.05.